The maximum absolute atomic E-state index is 12.2. The second kappa shape index (κ2) is 5.71. The Morgan fingerprint density at radius 3 is 2.41 bits per heavy atom. The Morgan fingerprint density at radius 2 is 1.88 bits per heavy atom. The number of nitrogens with zero attached hydrogens (tertiary/aromatic N) is 1. The van der Waals surface area contributed by atoms with Gasteiger partial charge in [0.25, 0.3) is 5.91 Å². The Labute approximate surface area is 104 Å². The van der Waals surface area contributed by atoms with Gasteiger partial charge in [-0.15, -0.1) is 0 Å². The lowest BCUT2D eigenvalue weighted by Crippen LogP contribution is -2.36. The Kier molecular flexibility index (Phi) is 4.55. The molecule has 0 bridgehead atoms. The second-order valence-electron chi connectivity index (χ2n) is 4.98. The molecule has 0 aromatic heterocycles. The summed E-state index contributed by atoms with van der Waals surface area (Å²) >= 11 is 0. The minimum Gasteiger partial charge on any atom is -0.398 e. The van der Waals surface area contributed by atoms with E-state index < -0.39 is 0 Å². The van der Waals surface area contributed by atoms with Crippen LogP contribution in [0.1, 0.15) is 37.6 Å². The van der Waals surface area contributed by atoms with Gasteiger partial charge in [0.1, 0.15) is 0 Å². The summed E-state index contributed by atoms with van der Waals surface area (Å²) in [5.74, 6) is 0.574. The third-order valence-electron chi connectivity index (χ3n) is 2.99. The van der Waals surface area contributed by atoms with Crippen molar-refractivity contribution in [3.05, 3.63) is 29.8 Å². The van der Waals surface area contributed by atoms with Gasteiger partial charge in [-0.25, -0.2) is 0 Å². The fourth-order valence-corrected chi connectivity index (χ4v) is 1.92. The molecule has 0 spiro atoms. The van der Waals surface area contributed by atoms with Crippen LogP contribution in [0.2, 0.25) is 0 Å². The van der Waals surface area contributed by atoms with E-state index in [9.17, 15) is 4.79 Å². The van der Waals surface area contributed by atoms with Gasteiger partial charge >= 0.3 is 0 Å². The van der Waals surface area contributed by atoms with Crippen LogP contribution in [-0.2, 0) is 0 Å². The van der Waals surface area contributed by atoms with E-state index in [0.29, 0.717) is 17.2 Å². The maximum atomic E-state index is 12.2. The molecule has 3 nitrogen and oxygen atoms in total. The number of para-hydroxylation sites is 1. The quantitative estimate of drug-likeness (QED) is 0.814. The van der Waals surface area contributed by atoms with Crippen molar-refractivity contribution in [2.24, 2.45) is 5.92 Å². The standard InChI is InChI=1S/C14H22N2O/c1-10(2)9-11(3)16(4)14(17)12-7-5-6-8-13(12)15/h5-8,10-11H,9,15H2,1-4H3. The molecule has 0 aliphatic heterocycles. The fourth-order valence-electron chi connectivity index (χ4n) is 1.92. The van der Waals surface area contributed by atoms with Crippen LogP contribution in [0.25, 0.3) is 0 Å². The van der Waals surface area contributed by atoms with Gasteiger partial charge < -0.3 is 10.6 Å². The lowest BCUT2D eigenvalue weighted by molar-refractivity contribution is 0.0729. The molecule has 1 unspecified atom stereocenters. The minimum atomic E-state index is -0.00347. The zero-order valence-electron chi connectivity index (χ0n) is 11.1. The molecule has 1 aromatic rings. The van der Waals surface area contributed by atoms with Crippen molar-refractivity contribution in [3.63, 3.8) is 0 Å². The van der Waals surface area contributed by atoms with Crippen LogP contribution in [0, 0.1) is 5.92 Å². The number of hydrogen-bond acceptors (Lipinski definition) is 2. The molecular weight excluding hydrogens is 212 g/mol. The van der Waals surface area contributed by atoms with E-state index in [0.717, 1.165) is 6.42 Å². The van der Waals surface area contributed by atoms with Gasteiger partial charge in [0, 0.05) is 18.8 Å². The summed E-state index contributed by atoms with van der Waals surface area (Å²) in [6, 6.07) is 7.43. The molecule has 0 aliphatic carbocycles. The first-order chi connectivity index (χ1) is 7.93. The molecule has 0 saturated carbocycles. The number of anilines is 1. The summed E-state index contributed by atoms with van der Waals surface area (Å²) in [4.78, 5) is 14.0. The predicted octanol–water partition coefficient (Wildman–Crippen LogP) is 2.78. The Morgan fingerprint density at radius 1 is 1.29 bits per heavy atom. The minimum absolute atomic E-state index is 0.00347. The third kappa shape index (κ3) is 3.48. The number of amides is 1. The molecule has 0 heterocycles. The van der Waals surface area contributed by atoms with E-state index >= 15 is 0 Å². The molecule has 17 heavy (non-hydrogen) atoms. The van der Waals surface area contributed by atoms with E-state index in [1.165, 1.54) is 0 Å². The zero-order valence-corrected chi connectivity index (χ0v) is 11.1. The van der Waals surface area contributed by atoms with E-state index in [4.69, 9.17) is 5.73 Å². The van der Waals surface area contributed by atoms with Crippen LogP contribution in [0.15, 0.2) is 24.3 Å². The average Bonchev–Trinajstić information content (AvgIpc) is 2.27. The van der Waals surface area contributed by atoms with Crippen molar-refractivity contribution in [2.75, 3.05) is 12.8 Å². The van der Waals surface area contributed by atoms with E-state index in [2.05, 4.69) is 20.8 Å². The molecule has 1 rings (SSSR count). The molecule has 1 atom stereocenters. The maximum Gasteiger partial charge on any atom is 0.255 e. The van der Waals surface area contributed by atoms with Gasteiger partial charge in [-0.05, 0) is 31.4 Å². The first-order valence-corrected chi connectivity index (χ1v) is 6.05. The monoisotopic (exact) mass is 234 g/mol. The summed E-state index contributed by atoms with van der Waals surface area (Å²) in [5, 5.41) is 0. The predicted molar refractivity (Wildman–Crippen MR) is 71.9 cm³/mol. The van der Waals surface area contributed by atoms with Crippen LogP contribution < -0.4 is 5.73 Å². The van der Waals surface area contributed by atoms with E-state index in [1.807, 2.05) is 19.2 Å². The Balaban J connectivity index is 2.80. The highest BCUT2D eigenvalue weighted by Gasteiger charge is 2.19. The number of rotatable bonds is 4. The van der Waals surface area contributed by atoms with Crippen LogP contribution in [0.3, 0.4) is 0 Å². The van der Waals surface area contributed by atoms with Gasteiger partial charge in [-0.2, -0.15) is 0 Å². The van der Waals surface area contributed by atoms with Crippen LogP contribution in [0.4, 0.5) is 5.69 Å². The van der Waals surface area contributed by atoms with Crippen molar-refractivity contribution in [1.29, 1.82) is 0 Å². The summed E-state index contributed by atoms with van der Waals surface area (Å²) in [5.41, 5.74) is 6.94. The summed E-state index contributed by atoms with van der Waals surface area (Å²) in [7, 11) is 1.84. The van der Waals surface area contributed by atoms with Gasteiger partial charge in [-0.3, -0.25) is 4.79 Å². The van der Waals surface area contributed by atoms with E-state index in [1.54, 1.807) is 17.0 Å². The van der Waals surface area contributed by atoms with Gasteiger partial charge in [0.15, 0.2) is 0 Å². The van der Waals surface area contributed by atoms with Crippen molar-refractivity contribution < 1.29 is 4.79 Å². The van der Waals surface area contributed by atoms with Gasteiger partial charge in [0.2, 0.25) is 0 Å². The molecular formula is C14H22N2O. The van der Waals surface area contributed by atoms with Gasteiger partial charge in [-0.1, -0.05) is 26.0 Å². The number of carbonyl (C=O) groups is 1. The molecule has 94 valence electrons. The van der Waals surface area contributed by atoms with Crippen LogP contribution in [0.5, 0.6) is 0 Å². The first-order valence-electron chi connectivity index (χ1n) is 6.05. The third-order valence-corrected chi connectivity index (χ3v) is 2.99. The van der Waals surface area contributed by atoms with Crippen LogP contribution >= 0.6 is 0 Å². The lowest BCUT2D eigenvalue weighted by Gasteiger charge is -2.26. The summed E-state index contributed by atoms with van der Waals surface area (Å²) in [6.45, 7) is 6.38. The SMILES string of the molecule is CC(C)CC(C)N(C)C(=O)c1ccccc1N. The number of carbonyl (C=O) groups excluding carboxylic acids is 1. The summed E-state index contributed by atoms with van der Waals surface area (Å²) in [6.07, 6.45) is 0.995. The van der Waals surface area contributed by atoms with Crippen molar-refractivity contribution >= 4 is 11.6 Å². The topological polar surface area (TPSA) is 46.3 Å². The average molecular weight is 234 g/mol. The normalized spacial score (nSPS) is 12.5. The molecule has 0 radical (unpaired) electrons. The van der Waals surface area contributed by atoms with E-state index in [-0.39, 0.29) is 11.9 Å². The Bertz CT molecular complexity index is 388. The lowest BCUT2D eigenvalue weighted by atomic mass is 10.0. The molecule has 1 amide bonds. The Hall–Kier alpha value is -1.51. The fraction of sp³-hybridized carbons (Fsp3) is 0.500. The molecule has 3 heteroatoms. The van der Waals surface area contributed by atoms with Crippen molar-refractivity contribution in [1.82, 2.24) is 4.90 Å². The first kappa shape index (κ1) is 13.6. The highest BCUT2D eigenvalue weighted by atomic mass is 16.2. The van der Waals surface area contributed by atoms with Gasteiger partial charge in [0.05, 0.1) is 5.56 Å². The molecule has 2 N–H and O–H groups in total. The second-order valence-corrected chi connectivity index (χ2v) is 4.98. The number of hydrogen-bond donors (Lipinski definition) is 1. The number of nitrogens with two attached hydrogens (primary N) is 1. The summed E-state index contributed by atoms with van der Waals surface area (Å²) < 4.78 is 0. The van der Waals surface area contributed by atoms with Crippen molar-refractivity contribution in [2.45, 2.75) is 33.2 Å². The van der Waals surface area contributed by atoms with Crippen LogP contribution in [-0.4, -0.2) is 23.9 Å². The smallest absolute Gasteiger partial charge is 0.255 e. The number of benzene rings is 1. The molecule has 0 aliphatic rings. The highest BCUT2D eigenvalue weighted by molar-refractivity contribution is 5.99. The zero-order chi connectivity index (χ0) is 13.0. The largest absolute Gasteiger partial charge is 0.398 e. The molecule has 1 aromatic carbocycles. The number of nitrogen functional groups attached to an aromatic ring is 1. The van der Waals surface area contributed by atoms with Crippen molar-refractivity contribution in [3.8, 4) is 0 Å². The molecule has 0 saturated heterocycles. The molecule has 0 fully saturated rings. The highest BCUT2D eigenvalue weighted by Crippen LogP contribution is 2.16.